The second-order valence-electron chi connectivity index (χ2n) is 4.94. The molecule has 20 heavy (non-hydrogen) atoms. The Hall–Kier alpha value is -1.87. The van der Waals surface area contributed by atoms with Gasteiger partial charge in [-0.25, -0.2) is 4.39 Å². The SMILES string of the molecule is CCc1ccc(N(C)c2cc(F)cc(CCN)c2)cc1. The van der Waals surface area contributed by atoms with E-state index in [1.807, 2.05) is 18.0 Å². The molecule has 0 saturated heterocycles. The van der Waals surface area contributed by atoms with Crippen LogP contribution < -0.4 is 10.6 Å². The molecule has 0 unspecified atom stereocenters. The van der Waals surface area contributed by atoms with E-state index in [0.717, 1.165) is 23.4 Å². The maximum Gasteiger partial charge on any atom is 0.125 e. The van der Waals surface area contributed by atoms with Gasteiger partial charge in [0.05, 0.1) is 0 Å². The summed E-state index contributed by atoms with van der Waals surface area (Å²) < 4.78 is 13.7. The maximum atomic E-state index is 13.7. The molecule has 0 radical (unpaired) electrons. The average molecular weight is 272 g/mol. The monoisotopic (exact) mass is 272 g/mol. The molecule has 0 saturated carbocycles. The summed E-state index contributed by atoms with van der Waals surface area (Å²) in [5.41, 5.74) is 9.66. The predicted molar refractivity (Wildman–Crippen MR) is 83.0 cm³/mol. The Morgan fingerprint density at radius 2 is 1.70 bits per heavy atom. The molecule has 0 aliphatic rings. The molecule has 0 amide bonds. The van der Waals surface area contributed by atoms with Gasteiger partial charge >= 0.3 is 0 Å². The zero-order valence-electron chi connectivity index (χ0n) is 12.1. The summed E-state index contributed by atoms with van der Waals surface area (Å²) in [5.74, 6) is -0.219. The van der Waals surface area contributed by atoms with Gasteiger partial charge in [-0.15, -0.1) is 0 Å². The summed E-state index contributed by atoms with van der Waals surface area (Å²) >= 11 is 0. The predicted octanol–water partition coefficient (Wildman–Crippen LogP) is 3.66. The average Bonchev–Trinajstić information content (AvgIpc) is 2.46. The van der Waals surface area contributed by atoms with Gasteiger partial charge in [0.1, 0.15) is 5.82 Å². The number of nitrogens with zero attached hydrogens (tertiary/aromatic N) is 1. The van der Waals surface area contributed by atoms with E-state index in [9.17, 15) is 4.39 Å². The molecule has 0 heterocycles. The molecule has 0 aliphatic carbocycles. The van der Waals surface area contributed by atoms with Crippen molar-refractivity contribution in [1.82, 2.24) is 0 Å². The van der Waals surface area contributed by atoms with Crippen molar-refractivity contribution in [2.45, 2.75) is 19.8 Å². The van der Waals surface area contributed by atoms with Crippen LogP contribution in [0, 0.1) is 5.82 Å². The standard InChI is InChI=1S/C17H21FN2/c1-3-13-4-6-16(7-5-13)20(2)17-11-14(8-9-19)10-15(18)12-17/h4-7,10-12H,3,8-9,19H2,1-2H3. The number of aryl methyl sites for hydroxylation is 1. The van der Waals surface area contributed by atoms with E-state index < -0.39 is 0 Å². The first-order chi connectivity index (χ1) is 9.63. The van der Waals surface area contributed by atoms with Crippen LogP contribution in [-0.4, -0.2) is 13.6 Å². The molecule has 2 N–H and O–H groups in total. The molecule has 0 bridgehead atoms. The van der Waals surface area contributed by atoms with Crippen LogP contribution in [0.25, 0.3) is 0 Å². The zero-order chi connectivity index (χ0) is 14.5. The summed E-state index contributed by atoms with van der Waals surface area (Å²) in [6.07, 6.45) is 1.71. The van der Waals surface area contributed by atoms with E-state index in [1.54, 1.807) is 12.1 Å². The lowest BCUT2D eigenvalue weighted by atomic mass is 10.1. The molecule has 2 rings (SSSR count). The summed E-state index contributed by atoms with van der Waals surface area (Å²) in [7, 11) is 1.95. The van der Waals surface area contributed by atoms with Crippen LogP contribution in [0.2, 0.25) is 0 Å². The van der Waals surface area contributed by atoms with E-state index in [-0.39, 0.29) is 5.82 Å². The molecular weight excluding hydrogens is 251 g/mol. The number of hydrogen-bond acceptors (Lipinski definition) is 2. The largest absolute Gasteiger partial charge is 0.345 e. The van der Waals surface area contributed by atoms with Gasteiger partial charge < -0.3 is 10.6 Å². The zero-order valence-corrected chi connectivity index (χ0v) is 12.1. The van der Waals surface area contributed by atoms with Gasteiger partial charge in [-0.2, -0.15) is 0 Å². The first-order valence-electron chi connectivity index (χ1n) is 6.96. The number of benzene rings is 2. The van der Waals surface area contributed by atoms with Crippen molar-refractivity contribution in [3.8, 4) is 0 Å². The molecule has 0 aromatic heterocycles. The minimum atomic E-state index is -0.219. The minimum absolute atomic E-state index is 0.219. The Balaban J connectivity index is 2.29. The van der Waals surface area contributed by atoms with Gasteiger partial charge in [-0.3, -0.25) is 0 Å². The normalized spacial score (nSPS) is 10.6. The summed E-state index contributed by atoms with van der Waals surface area (Å²) in [4.78, 5) is 1.99. The highest BCUT2D eigenvalue weighted by Gasteiger charge is 2.07. The van der Waals surface area contributed by atoms with E-state index in [1.165, 1.54) is 5.56 Å². The number of anilines is 2. The van der Waals surface area contributed by atoms with Crippen LogP contribution in [-0.2, 0) is 12.8 Å². The van der Waals surface area contributed by atoms with Crippen molar-refractivity contribution >= 4 is 11.4 Å². The Morgan fingerprint density at radius 1 is 1.00 bits per heavy atom. The van der Waals surface area contributed by atoms with Crippen molar-refractivity contribution in [2.24, 2.45) is 5.73 Å². The maximum absolute atomic E-state index is 13.7. The molecule has 2 nitrogen and oxygen atoms in total. The third-order valence-corrected chi connectivity index (χ3v) is 3.49. The highest BCUT2D eigenvalue weighted by molar-refractivity contribution is 5.63. The van der Waals surface area contributed by atoms with Crippen LogP contribution in [0.5, 0.6) is 0 Å². The highest BCUT2D eigenvalue weighted by Crippen LogP contribution is 2.26. The summed E-state index contributed by atoms with van der Waals surface area (Å²) in [5, 5.41) is 0. The second kappa shape index (κ2) is 6.53. The van der Waals surface area contributed by atoms with Crippen molar-refractivity contribution in [3.05, 3.63) is 59.4 Å². The minimum Gasteiger partial charge on any atom is -0.345 e. The third-order valence-electron chi connectivity index (χ3n) is 3.49. The van der Waals surface area contributed by atoms with Crippen molar-refractivity contribution < 1.29 is 4.39 Å². The van der Waals surface area contributed by atoms with Crippen LogP contribution in [0.1, 0.15) is 18.1 Å². The fourth-order valence-electron chi connectivity index (χ4n) is 2.24. The van der Waals surface area contributed by atoms with Crippen molar-refractivity contribution in [3.63, 3.8) is 0 Å². The first-order valence-corrected chi connectivity index (χ1v) is 6.96. The lowest BCUT2D eigenvalue weighted by Gasteiger charge is -2.21. The Kier molecular flexibility index (Phi) is 4.74. The van der Waals surface area contributed by atoms with E-state index >= 15 is 0 Å². The molecule has 3 heteroatoms. The quantitative estimate of drug-likeness (QED) is 0.900. The number of halogens is 1. The van der Waals surface area contributed by atoms with Crippen LogP contribution in [0.15, 0.2) is 42.5 Å². The second-order valence-corrected chi connectivity index (χ2v) is 4.94. The molecule has 0 fully saturated rings. The molecule has 2 aromatic carbocycles. The van der Waals surface area contributed by atoms with E-state index in [0.29, 0.717) is 13.0 Å². The van der Waals surface area contributed by atoms with Crippen LogP contribution in [0.3, 0.4) is 0 Å². The van der Waals surface area contributed by atoms with E-state index in [2.05, 4.69) is 31.2 Å². The van der Waals surface area contributed by atoms with Gasteiger partial charge in [0.25, 0.3) is 0 Å². The van der Waals surface area contributed by atoms with Gasteiger partial charge in [0.15, 0.2) is 0 Å². The number of rotatable bonds is 5. The lowest BCUT2D eigenvalue weighted by molar-refractivity contribution is 0.625. The van der Waals surface area contributed by atoms with Gasteiger partial charge in [-0.05, 0) is 60.8 Å². The summed E-state index contributed by atoms with van der Waals surface area (Å²) in [6, 6.07) is 13.4. The topological polar surface area (TPSA) is 29.3 Å². The fraction of sp³-hybridized carbons (Fsp3) is 0.294. The fourth-order valence-corrected chi connectivity index (χ4v) is 2.24. The van der Waals surface area contributed by atoms with Crippen LogP contribution in [0.4, 0.5) is 15.8 Å². The third kappa shape index (κ3) is 3.36. The van der Waals surface area contributed by atoms with Crippen LogP contribution >= 0.6 is 0 Å². The molecular formula is C17H21FN2. The van der Waals surface area contributed by atoms with Crippen molar-refractivity contribution in [2.75, 3.05) is 18.5 Å². The number of hydrogen-bond donors (Lipinski definition) is 1. The first kappa shape index (κ1) is 14.5. The Bertz CT molecular complexity index is 564. The van der Waals surface area contributed by atoms with E-state index in [4.69, 9.17) is 5.73 Å². The van der Waals surface area contributed by atoms with Gasteiger partial charge in [0, 0.05) is 18.4 Å². The molecule has 0 aliphatic heterocycles. The Morgan fingerprint density at radius 3 is 2.30 bits per heavy atom. The lowest BCUT2D eigenvalue weighted by Crippen LogP contribution is -2.11. The van der Waals surface area contributed by atoms with Crippen molar-refractivity contribution in [1.29, 1.82) is 0 Å². The smallest absolute Gasteiger partial charge is 0.125 e. The van der Waals surface area contributed by atoms with Gasteiger partial charge in [-0.1, -0.05) is 19.1 Å². The van der Waals surface area contributed by atoms with Gasteiger partial charge in [0.2, 0.25) is 0 Å². The summed E-state index contributed by atoms with van der Waals surface area (Å²) in [6.45, 7) is 2.65. The molecule has 106 valence electrons. The highest BCUT2D eigenvalue weighted by atomic mass is 19.1. The molecule has 2 aromatic rings. The molecule has 0 spiro atoms. The molecule has 0 atom stereocenters. The number of nitrogens with two attached hydrogens (primary N) is 1. The Labute approximate surface area is 120 Å².